The lowest BCUT2D eigenvalue weighted by Gasteiger charge is -2.27. The van der Waals surface area contributed by atoms with Crippen molar-refractivity contribution < 1.29 is 4.79 Å². The van der Waals surface area contributed by atoms with Gasteiger partial charge in [-0.15, -0.1) is 11.8 Å². The van der Waals surface area contributed by atoms with Crippen LogP contribution in [0.1, 0.15) is 18.4 Å². The molecule has 98 valence electrons. The third kappa shape index (κ3) is 2.33. The lowest BCUT2D eigenvalue weighted by Crippen LogP contribution is -2.40. The molecule has 1 aromatic carbocycles. The molecular weight excluding hydrogens is 246 g/mol. The molecule has 1 aromatic rings. The zero-order valence-electron chi connectivity index (χ0n) is 10.6. The van der Waals surface area contributed by atoms with E-state index in [0.29, 0.717) is 6.54 Å². The van der Waals surface area contributed by atoms with E-state index in [1.807, 2.05) is 18.4 Å². The molecule has 18 heavy (non-hydrogen) atoms. The first-order valence-corrected chi connectivity index (χ1v) is 7.33. The molecule has 1 heterocycles. The summed E-state index contributed by atoms with van der Waals surface area (Å²) in [4.78, 5) is 14.8. The van der Waals surface area contributed by atoms with Crippen molar-refractivity contribution in [2.24, 2.45) is 11.5 Å². The second kappa shape index (κ2) is 5.63. The summed E-state index contributed by atoms with van der Waals surface area (Å²) in [5.41, 5.74) is 13.5. The molecule has 0 bridgehead atoms. The third-order valence-electron chi connectivity index (χ3n) is 3.42. The maximum absolute atomic E-state index is 11.5. The van der Waals surface area contributed by atoms with E-state index < -0.39 is 0 Å². The Morgan fingerprint density at radius 2 is 2.33 bits per heavy atom. The van der Waals surface area contributed by atoms with Crippen molar-refractivity contribution in [2.75, 3.05) is 17.7 Å². The van der Waals surface area contributed by atoms with Crippen molar-refractivity contribution in [3.63, 3.8) is 0 Å². The first kappa shape index (κ1) is 13.2. The summed E-state index contributed by atoms with van der Waals surface area (Å²) in [7, 11) is 0. The van der Waals surface area contributed by atoms with Gasteiger partial charge in [0.05, 0.1) is 0 Å². The monoisotopic (exact) mass is 265 g/mol. The van der Waals surface area contributed by atoms with E-state index in [-0.39, 0.29) is 11.9 Å². The molecule has 1 saturated heterocycles. The molecule has 1 fully saturated rings. The number of anilines is 1. The maximum atomic E-state index is 11.5. The van der Waals surface area contributed by atoms with Gasteiger partial charge in [-0.05, 0) is 31.2 Å². The van der Waals surface area contributed by atoms with E-state index in [0.717, 1.165) is 30.6 Å². The van der Waals surface area contributed by atoms with Crippen LogP contribution in [-0.4, -0.2) is 24.7 Å². The van der Waals surface area contributed by atoms with Gasteiger partial charge in [0, 0.05) is 29.2 Å². The van der Waals surface area contributed by atoms with Crippen LogP contribution in [0.5, 0.6) is 0 Å². The van der Waals surface area contributed by atoms with Crippen molar-refractivity contribution in [3.05, 3.63) is 23.8 Å². The fourth-order valence-corrected chi connectivity index (χ4v) is 3.22. The second-order valence-corrected chi connectivity index (χ2v) is 5.26. The summed E-state index contributed by atoms with van der Waals surface area (Å²) < 4.78 is 0. The number of nitrogens with two attached hydrogens (primary N) is 2. The first-order valence-electron chi connectivity index (χ1n) is 6.11. The van der Waals surface area contributed by atoms with Gasteiger partial charge in [0.1, 0.15) is 6.04 Å². The van der Waals surface area contributed by atoms with Crippen LogP contribution in [0.2, 0.25) is 0 Å². The standard InChI is InChI=1S/C13H19N3OS/c1-18-12-6-2-4-10(9(12)8-14)16-7-3-5-11(16)13(15)17/h2,4,6,11H,3,5,7-8,14H2,1H3,(H2,15,17). The number of carbonyl (C=O) groups excluding carboxylic acids is 1. The average molecular weight is 265 g/mol. The highest BCUT2D eigenvalue weighted by atomic mass is 32.2. The summed E-state index contributed by atoms with van der Waals surface area (Å²) in [5, 5.41) is 0. The molecule has 4 N–H and O–H groups in total. The van der Waals surface area contributed by atoms with Crippen LogP contribution < -0.4 is 16.4 Å². The van der Waals surface area contributed by atoms with Crippen molar-refractivity contribution in [1.29, 1.82) is 0 Å². The number of rotatable bonds is 4. The SMILES string of the molecule is CSc1cccc(N2CCCC2C(N)=O)c1CN. The molecule has 5 heteroatoms. The van der Waals surface area contributed by atoms with Crippen molar-refractivity contribution in [3.8, 4) is 0 Å². The van der Waals surface area contributed by atoms with Crippen LogP contribution in [0.15, 0.2) is 23.1 Å². The van der Waals surface area contributed by atoms with Crippen molar-refractivity contribution in [1.82, 2.24) is 0 Å². The highest BCUT2D eigenvalue weighted by molar-refractivity contribution is 7.98. The minimum absolute atomic E-state index is 0.188. The molecule has 4 nitrogen and oxygen atoms in total. The number of hydrogen-bond donors (Lipinski definition) is 2. The largest absolute Gasteiger partial charge is 0.368 e. The quantitative estimate of drug-likeness (QED) is 0.805. The lowest BCUT2D eigenvalue weighted by molar-refractivity contribution is -0.119. The Bertz CT molecular complexity index is 450. The van der Waals surface area contributed by atoms with E-state index in [1.54, 1.807) is 11.8 Å². The Balaban J connectivity index is 2.41. The second-order valence-electron chi connectivity index (χ2n) is 4.42. The van der Waals surface area contributed by atoms with Crippen LogP contribution in [0.4, 0.5) is 5.69 Å². The lowest BCUT2D eigenvalue weighted by atomic mass is 10.1. The van der Waals surface area contributed by atoms with Gasteiger partial charge >= 0.3 is 0 Å². The Labute approximate surface area is 112 Å². The van der Waals surface area contributed by atoms with Gasteiger partial charge in [-0.25, -0.2) is 0 Å². The molecule has 2 rings (SSSR count). The number of nitrogens with zero attached hydrogens (tertiary/aromatic N) is 1. The van der Waals surface area contributed by atoms with E-state index >= 15 is 0 Å². The van der Waals surface area contributed by atoms with E-state index in [9.17, 15) is 4.79 Å². The van der Waals surface area contributed by atoms with E-state index in [1.165, 1.54) is 4.90 Å². The van der Waals surface area contributed by atoms with Crippen LogP contribution >= 0.6 is 11.8 Å². The number of primary amides is 1. The number of hydrogen-bond acceptors (Lipinski definition) is 4. The van der Waals surface area contributed by atoms with E-state index in [4.69, 9.17) is 11.5 Å². The molecule has 0 aromatic heterocycles. The van der Waals surface area contributed by atoms with Crippen LogP contribution in [0.3, 0.4) is 0 Å². The fourth-order valence-electron chi connectivity index (χ4n) is 2.57. The molecule has 1 amide bonds. The summed E-state index contributed by atoms with van der Waals surface area (Å²) >= 11 is 1.68. The number of carbonyl (C=O) groups is 1. The molecule has 1 aliphatic rings. The zero-order valence-corrected chi connectivity index (χ0v) is 11.4. The fraction of sp³-hybridized carbons (Fsp3) is 0.462. The van der Waals surface area contributed by atoms with Crippen molar-refractivity contribution >= 4 is 23.4 Å². The molecule has 1 atom stereocenters. The van der Waals surface area contributed by atoms with Gasteiger partial charge < -0.3 is 16.4 Å². The molecule has 0 aliphatic carbocycles. The van der Waals surface area contributed by atoms with Gasteiger partial charge in [0.15, 0.2) is 0 Å². The first-order chi connectivity index (χ1) is 8.69. The Kier molecular flexibility index (Phi) is 4.14. The van der Waals surface area contributed by atoms with Gasteiger partial charge in [-0.2, -0.15) is 0 Å². The predicted molar refractivity (Wildman–Crippen MR) is 75.7 cm³/mol. The Morgan fingerprint density at radius 3 is 2.94 bits per heavy atom. The zero-order chi connectivity index (χ0) is 13.1. The molecule has 1 aliphatic heterocycles. The topological polar surface area (TPSA) is 72.3 Å². The van der Waals surface area contributed by atoms with Gasteiger partial charge in [-0.1, -0.05) is 6.07 Å². The summed E-state index contributed by atoms with van der Waals surface area (Å²) in [5.74, 6) is -0.245. The van der Waals surface area contributed by atoms with E-state index in [2.05, 4.69) is 11.0 Å². The van der Waals surface area contributed by atoms with Crippen LogP contribution in [-0.2, 0) is 11.3 Å². The number of benzene rings is 1. The highest BCUT2D eigenvalue weighted by Crippen LogP contribution is 2.33. The molecular formula is C13H19N3OS. The van der Waals surface area contributed by atoms with Crippen LogP contribution in [0.25, 0.3) is 0 Å². The Hall–Kier alpha value is -1.20. The molecule has 0 radical (unpaired) electrons. The normalized spacial score (nSPS) is 19.2. The molecule has 1 unspecified atom stereocenters. The highest BCUT2D eigenvalue weighted by Gasteiger charge is 2.30. The third-order valence-corrected chi connectivity index (χ3v) is 4.25. The van der Waals surface area contributed by atoms with Gasteiger partial charge in [-0.3, -0.25) is 4.79 Å². The smallest absolute Gasteiger partial charge is 0.240 e. The molecule has 0 spiro atoms. The average Bonchev–Trinajstić information content (AvgIpc) is 2.86. The van der Waals surface area contributed by atoms with Gasteiger partial charge in [0.2, 0.25) is 5.91 Å². The Morgan fingerprint density at radius 1 is 1.56 bits per heavy atom. The maximum Gasteiger partial charge on any atom is 0.240 e. The predicted octanol–water partition coefficient (Wildman–Crippen LogP) is 1.32. The summed E-state index contributed by atoms with van der Waals surface area (Å²) in [6, 6.07) is 5.92. The molecule has 0 saturated carbocycles. The minimum Gasteiger partial charge on any atom is -0.368 e. The number of thioether (sulfide) groups is 1. The van der Waals surface area contributed by atoms with Gasteiger partial charge in [0.25, 0.3) is 0 Å². The summed E-state index contributed by atoms with van der Waals surface area (Å²) in [6.07, 6.45) is 3.87. The van der Waals surface area contributed by atoms with Crippen LogP contribution in [0, 0.1) is 0 Å². The minimum atomic E-state index is -0.245. The summed E-state index contributed by atoms with van der Waals surface area (Å²) in [6.45, 7) is 1.35. The number of amides is 1. The van der Waals surface area contributed by atoms with Crippen molar-refractivity contribution in [2.45, 2.75) is 30.3 Å².